The molecule has 0 atom stereocenters. The van der Waals surface area contributed by atoms with E-state index in [2.05, 4.69) is 36.7 Å². The van der Waals surface area contributed by atoms with Crippen molar-refractivity contribution in [1.82, 2.24) is 20.4 Å². The topological polar surface area (TPSA) is 54.2 Å². The summed E-state index contributed by atoms with van der Waals surface area (Å²) in [5.41, 5.74) is 1.07. The molecule has 5 nitrogen and oxygen atoms in total. The molecule has 0 spiro atoms. The minimum Gasteiger partial charge on any atom is -0.357 e. The van der Waals surface area contributed by atoms with E-state index in [1.54, 1.807) is 12.3 Å². The summed E-state index contributed by atoms with van der Waals surface area (Å²) in [7, 11) is 0. The van der Waals surface area contributed by atoms with Gasteiger partial charge in [-0.1, -0.05) is 6.07 Å². The lowest BCUT2D eigenvalue weighted by Gasteiger charge is -2.11. The van der Waals surface area contributed by atoms with E-state index in [1.807, 2.05) is 29.9 Å². The van der Waals surface area contributed by atoms with Crippen LogP contribution < -0.4 is 10.6 Å². The van der Waals surface area contributed by atoms with Crippen molar-refractivity contribution < 1.29 is 4.39 Å². The molecule has 24 heavy (non-hydrogen) atoms. The molecule has 0 amide bonds. The number of aromatic nitrogens is 2. The highest BCUT2D eigenvalue weighted by Crippen LogP contribution is 2.16. The summed E-state index contributed by atoms with van der Waals surface area (Å²) in [6.45, 7) is 5.19. The molecule has 0 saturated heterocycles. The number of guanidine groups is 1. The van der Waals surface area contributed by atoms with E-state index < -0.39 is 0 Å². The third-order valence-corrected chi connectivity index (χ3v) is 4.02. The largest absolute Gasteiger partial charge is 0.357 e. The first-order valence-corrected chi connectivity index (χ1v) is 8.92. The van der Waals surface area contributed by atoms with E-state index in [0.717, 1.165) is 50.5 Å². The van der Waals surface area contributed by atoms with Crippen LogP contribution in [0.15, 0.2) is 46.1 Å². The first kappa shape index (κ1) is 18.4. The van der Waals surface area contributed by atoms with Crippen molar-refractivity contribution in [2.45, 2.75) is 26.3 Å². The molecule has 2 N–H and O–H groups in total. The molecule has 0 radical (unpaired) electrons. The summed E-state index contributed by atoms with van der Waals surface area (Å²) >= 11 is 3.21. The summed E-state index contributed by atoms with van der Waals surface area (Å²) in [6.07, 6.45) is 5.47. The molecule has 2 rings (SSSR count). The summed E-state index contributed by atoms with van der Waals surface area (Å²) in [5, 5.41) is 10.7. The first-order chi connectivity index (χ1) is 11.7. The standard InChI is InChI=1S/C17H23BrFN5/c1-2-20-17(21-8-3-11-24-12-4-9-23-24)22-10-7-14-5-6-16(19)15(18)13-14/h4-6,9,12-13H,2-3,7-8,10-11H2,1H3,(H2,20,21,22). The normalized spacial score (nSPS) is 11.5. The van der Waals surface area contributed by atoms with Gasteiger partial charge < -0.3 is 10.6 Å². The van der Waals surface area contributed by atoms with E-state index in [0.29, 0.717) is 4.47 Å². The van der Waals surface area contributed by atoms with Crippen molar-refractivity contribution in [3.05, 3.63) is 52.5 Å². The number of halogens is 2. The van der Waals surface area contributed by atoms with Crippen LogP contribution in [0.25, 0.3) is 0 Å². The molecular weight excluding hydrogens is 373 g/mol. The molecule has 2 aromatic rings. The van der Waals surface area contributed by atoms with Crippen molar-refractivity contribution in [3.63, 3.8) is 0 Å². The highest BCUT2D eigenvalue weighted by atomic mass is 79.9. The second kappa shape index (κ2) is 10.1. The molecule has 0 saturated carbocycles. The Balaban J connectivity index is 1.75. The molecule has 1 heterocycles. The average molecular weight is 396 g/mol. The SMILES string of the molecule is CCNC(=NCCCn1cccn1)NCCc1ccc(F)c(Br)c1. The Morgan fingerprint density at radius 1 is 1.38 bits per heavy atom. The Morgan fingerprint density at radius 3 is 2.96 bits per heavy atom. The van der Waals surface area contributed by atoms with Gasteiger partial charge >= 0.3 is 0 Å². The fourth-order valence-corrected chi connectivity index (χ4v) is 2.64. The molecule has 0 fully saturated rings. The van der Waals surface area contributed by atoms with Crippen LogP contribution in [0.2, 0.25) is 0 Å². The maximum absolute atomic E-state index is 13.2. The van der Waals surface area contributed by atoms with Crippen LogP contribution in [-0.2, 0) is 13.0 Å². The molecule has 0 aliphatic carbocycles. The molecule has 1 aromatic heterocycles. The fraction of sp³-hybridized carbons (Fsp3) is 0.412. The molecule has 130 valence electrons. The molecule has 0 aliphatic rings. The monoisotopic (exact) mass is 395 g/mol. The fourth-order valence-electron chi connectivity index (χ4n) is 2.22. The van der Waals surface area contributed by atoms with Crippen molar-refractivity contribution in [2.75, 3.05) is 19.6 Å². The van der Waals surface area contributed by atoms with Crippen LogP contribution >= 0.6 is 15.9 Å². The van der Waals surface area contributed by atoms with Gasteiger partial charge in [0.15, 0.2) is 5.96 Å². The van der Waals surface area contributed by atoms with Crippen LogP contribution in [0.3, 0.4) is 0 Å². The van der Waals surface area contributed by atoms with Gasteiger partial charge in [0.05, 0.1) is 4.47 Å². The minimum absolute atomic E-state index is 0.237. The Bertz CT molecular complexity index is 642. The predicted molar refractivity (Wildman–Crippen MR) is 98.6 cm³/mol. The van der Waals surface area contributed by atoms with Crippen LogP contribution in [0.1, 0.15) is 18.9 Å². The second-order valence-corrected chi connectivity index (χ2v) is 6.16. The van der Waals surface area contributed by atoms with Gasteiger partial charge in [-0.15, -0.1) is 0 Å². The number of aryl methyl sites for hydroxylation is 1. The summed E-state index contributed by atoms with van der Waals surface area (Å²) in [4.78, 5) is 4.56. The van der Waals surface area contributed by atoms with Crippen molar-refractivity contribution in [3.8, 4) is 0 Å². The molecule has 0 aliphatic heterocycles. The summed E-state index contributed by atoms with van der Waals surface area (Å²) < 4.78 is 15.6. The van der Waals surface area contributed by atoms with Gasteiger partial charge in [-0.2, -0.15) is 5.10 Å². The number of rotatable bonds is 8. The highest BCUT2D eigenvalue weighted by molar-refractivity contribution is 9.10. The number of nitrogens with one attached hydrogen (secondary N) is 2. The van der Waals surface area contributed by atoms with Gasteiger partial charge in [0, 0.05) is 38.6 Å². The summed E-state index contributed by atoms with van der Waals surface area (Å²) in [5.74, 6) is 0.568. The van der Waals surface area contributed by atoms with Gasteiger partial charge in [0.1, 0.15) is 5.82 Å². The molecule has 0 unspecified atom stereocenters. The van der Waals surface area contributed by atoms with Gasteiger partial charge in [0.2, 0.25) is 0 Å². The van der Waals surface area contributed by atoms with E-state index >= 15 is 0 Å². The Morgan fingerprint density at radius 2 is 2.25 bits per heavy atom. The maximum atomic E-state index is 13.2. The lowest BCUT2D eigenvalue weighted by atomic mass is 10.1. The van der Waals surface area contributed by atoms with Crippen LogP contribution in [0, 0.1) is 5.82 Å². The van der Waals surface area contributed by atoms with E-state index in [1.165, 1.54) is 6.07 Å². The third-order valence-electron chi connectivity index (χ3n) is 3.41. The number of hydrogen-bond donors (Lipinski definition) is 2. The number of aliphatic imine (C=N–C) groups is 1. The van der Waals surface area contributed by atoms with Crippen LogP contribution in [0.4, 0.5) is 4.39 Å². The van der Waals surface area contributed by atoms with Gasteiger partial charge in [-0.3, -0.25) is 9.67 Å². The Hall–Kier alpha value is -1.89. The highest BCUT2D eigenvalue weighted by Gasteiger charge is 2.02. The van der Waals surface area contributed by atoms with Crippen molar-refractivity contribution in [1.29, 1.82) is 0 Å². The lowest BCUT2D eigenvalue weighted by Crippen LogP contribution is -2.38. The maximum Gasteiger partial charge on any atom is 0.191 e. The summed E-state index contributed by atoms with van der Waals surface area (Å²) in [6, 6.07) is 7.01. The number of nitrogens with zero attached hydrogens (tertiary/aromatic N) is 3. The molecular formula is C17H23BrFN5. The van der Waals surface area contributed by atoms with Gasteiger partial charge in [0.25, 0.3) is 0 Å². The van der Waals surface area contributed by atoms with Crippen molar-refractivity contribution >= 4 is 21.9 Å². The predicted octanol–water partition coefficient (Wildman–Crippen LogP) is 2.97. The zero-order valence-electron chi connectivity index (χ0n) is 13.8. The molecule has 7 heteroatoms. The molecule has 1 aromatic carbocycles. The lowest BCUT2D eigenvalue weighted by molar-refractivity contribution is 0.584. The zero-order chi connectivity index (χ0) is 17.2. The van der Waals surface area contributed by atoms with E-state index in [9.17, 15) is 4.39 Å². The van der Waals surface area contributed by atoms with E-state index in [-0.39, 0.29) is 5.82 Å². The Kier molecular flexibility index (Phi) is 7.74. The van der Waals surface area contributed by atoms with Crippen LogP contribution in [-0.4, -0.2) is 35.4 Å². The van der Waals surface area contributed by atoms with Gasteiger partial charge in [-0.05, 0) is 59.5 Å². The Labute approximate surface area is 150 Å². The second-order valence-electron chi connectivity index (χ2n) is 5.31. The number of hydrogen-bond acceptors (Lipinski definition) is 2. The van der Waals surface area contributed by atoms with Gasteiger partial charge in [-0.25, -0.2) is 4.39 Å². The average Bonchev–Trinajstić information content (AvgIpc) is 3.08. The molecule has 0 bridgehead atoms. The quantitative estimate of drug-likeness (QED) is 0.410. The zero-order valence-corrected chi connectivity index (χ0v) is 15.4. The number of benzene rings is 1. The first-order valence-electron chi connectivity index (χ1n) is 8.12. The van der Waals surface area contributed by atoms with Crippen molar-refractivity contribution in [2.24, 2.45) is 4.99 Å². The minimum atomic E-state index is -0.237. The van der Waals surface area contributed by atoms with Crippen LogP contribution in [0.5, 0.6) is 0 Å². The smallest absolute Gasteiger partial charge is 0.191 e. The third kappa shape index (κ3) is 6.31. The van der Waals surface area contributed by atoms with E-state index in [4.69, 9.17) is 0 Å².